The third-order valence-electron chi connectivity index (χ3n) is 2.18. The Morgan fingerprint density at radius 3 is 2.93 bits per heavy atom. The molecule has 2 N–H and O–H groups in total. The number of carboxylic acids is 1. The molecule has 1 fully saturated rings. The fourth-order valence-electron chi connectivity index (χ4n) is 1.56. The van der Waals surface area contributed by atoms with E-state index in [2.05, 4.69) is 11.9 Å². The molecule has 0 bridgehead atoms. The Morgan fingerprint density at radius 2 is 2.40 bits per heavy atom. The first-order valence-electron chi connectivity index (χ1n) is 4.57. The lowest BCUT2D eigenvalue weighted by Crippen LogP contribution is -2.56. The molecule has 1 heterocycles. The van der Waals surface area contributed by atoms with Crippen LogP contribution in [0.3, 0.4) is 0 Å². The number of carboxylic acid groups (broad SMARTS) is 1. The highest BCUT2D eigenvalue weighted by molar-refractivity contribution is 6.29. The van der Waals surface area contributed by atoms with Crippen LogP contribution in [0.4, 0.5) is 0 Å². The number of aliphatic carboxylic acids is 1. The zero-order chi connectivity index (χ0) is 11.4. The van der Waals surface area contributed by atoms with Crippen molar-refractivity contribution in [3.63, 3.8) is 0 Å². The minimum Gasteiger partial charge on any atom is -0.481 e. The summed E-state index contributed by atoms with van der Waals surface area (Å²) in [6.07, 6.45) is -0.212. The van der Waals surface area contributed by atoms with E-state index in [-0.39, 0.29) is 12.3 Å². The van der Waals surface area contributed by atoms with E-state index < -0.39 is 12.0 Å². The molecule has 1 saturated heterocycles. The number of carbonyl (C=O) groups is 2. The number of hydrogen-bond donors (Lipinski definition) is 2. The number of nitrogens with zero attached hydrogens (tertiary/aromatic N) is 1. The van der Waals surface area contributed by atoms with Gasteiger partial charge in [0.2, 0.25) is 5.91 Å². The molecule has 0 aromatic rings. The van der Waals surface area contributed by atoms with Crippen LogP contribution in [0.2, 0.25) is 0 Å². The Bertz CT molecular complexity index is 293. The second-order valence-electron chi connectivity index (χ2n) is 3.39. The zero-order valence-corrected chi connectivity index (χ0v) is 8.96. The zero-order valence-electron chi connectivity index (χ0n) is 8.20. The van der Waals surface area contributed by atoms with Gasteiger partial charge in [0.15, 0.2) is 0 Å². The molecule has 0 aromatic carbocycles. The van der Waals surface area contributed by atoms with Crippen molar-refractivity contribution < 1.29 is 14.7 Å². The lowest BCUT2D eigenvalue weighted by molar-refractivity contribution is -0.142. The van der Waals surface area contributed by atoms with Crippen molar-refractivity contribution in [2.24, 2.45) is 0 Å². The number of amides is 1. The van der Waals surface area contributed by atoms with Crippen LogP contribution in [0.25, 0.3) is 0 Å². The molecular formula is C9H13ClN2O3. The van der Waals surface area contributed by atoms with E-state index in [1.807, 2.05) is 0 Å². The number of piperazine rings is 1. The Balaban J connectivity index is 2.67. The second-order valence-corrected chi connectivity index (χ2v) is 3.93. The summed E-state index contributed by atoms with van der Waals surface area (Å²) in [4.78, 5) is 23.7. The summed E-state index contributed by atoms with van der Waals surface area (Å²) in [5.41, 5.74) is 0. The fraction of sp³-hybridized carbons (Fsp3) is 0.556. The van der Waals surface area contributed by atoms with Crippen LogP contribution in [0.1, 0.15) is 6.42 Å². The standard InChI is InChI=1S/C9H13ClN2O3/c1-6(10)5-12-3-2-11-9(15)7(12)4-8(13)14/h7H,1-5H2,(H,11,15)(H,13,14). The molecule has 1 aliphatic rings. The summed E-state index contributed by atoms with van der Waals surface area (Å²) in [5.74, 6) is -1.26. The first-order chi connectivity index (χ1) is 7.00. The van der Waals surface area contributed by atoms with E-state index in [1.54, 1.807) is 4.90 Å². The summed E-state index contributed by atoms with van der Waals surface area (Å²) < 4.78 is 0. The molecule has 1 rings (SSSR count). The van der Waals surface area contributed by atoms with Gasteiger partial charge < -0.3 is 10.4 Å². The Kier molecular flexibility index (Phi) is 4.11. The fourth-order valence-corrected chi connectivity index (χ4v) is 1.71. The van der Waals surface area contributed by atoms with E-state index in [9.17, 15) is 9.59 Å². The molecule has 0 aliphatic carbocycles. The second kappa shape index (κ2) is 5.14. The Morgan fingerprint density at radius 1 is 1.73 bits per heavy atom. The van der Waals surface area contributed by atoms with Gasteiger partial charge in [0.25, 0.3) is 0 Å². The van der Waals surface area contributed by atoms with Crippen LogP contribution >= 0.6 is 11.6 Å². The summed E-state index contributed by atoms with van der Waals surface area (Å²) in [5, 5.41) is 11.7. The first-order valence-corrected chi connectivity index (χ1v) is 4.95. The molecule has 84 valence electrons. The summed E-state index contributed by atoms with van der Waals surface area (Å²) >= 11 is 5.65. The van der Waals surface area contributed by atoms with Gasteiger partial charge in [-0.25, -0.2) is 0 Å². The molecule has 1 atom stereocenters. The largest absolute Gasteiger partial charge is 0.481 e. The monoisotopic (exact) mass is 232 g/mol. The van der Waals surface area contributed by atoms with E-state index in [1.165, 1.54) is 0 Å². The minimum atomic E-state index is -0.998. The molecule has 6 heteroatoms. The molecule has 15 heavy (non-hydrogen) atoms. The lowest BCUT2D eigenvalue weighted by atomic mass is 10.1. The van der Waals surface area contributed by atoms with Crippen LogP contribution < -0.4 is 5.32 Å². The predicted molar refractivity (Wildman–Crippen MR) is 55.6 cm³/mol. The third kappa shape index (κ3) is 3.53. The van der Waals surface area contributed by atoms with Crippen LogP contribution in [0, 0.1) is 0 Å². The number of nitrogens with one attached hydrogen (secondary N) is 1. The number of carbonyl (C=O) groups excluding carboxylic acids is 1. The summed E-state index contributed by atoms with van der Waals surface area (Å²) in [6, 6.07) is -0.647. The highest BCUT2D eigenvalue weighted by Crippen LogP contribution is 2.12. The van der Waals surface area contributed by atoms with Gasteiger partial charge in [-0.2, -0.15) is 0 Å². The van der Waals surface area contributed by atoms with Gasteiger partial charge in [-0.05, 0) is 0 Å². The van der Waals surface area contributed by atoms with Crippen molar-refractivity contribution in [2.75, 3.05) is 19.6 Å². The van der Waals surface area contributed by atoms with Crippen molar-refractivity contribution in [1.82, 2.24) is 10.2 Å². The Labute approximate surface area is 92.7 Å². The van der Waals surface area contributed by atoms with Crippen LogP contribution in [-0.2, 0) is 9.59 Å². The molecule has 0 saturated carbocycles. The van der Waals surface area contributed by atoms with E-state index in [4.69, 9.17) is 16.7 Å². The Hall–Kier alpha value is -1.07. The SMILES string of the molecule is C=C(Cl)CN1CCNC(=O)C1CC(=O)O. The van der Waals surface area contributed by atoms with E-state index in [0.29, 0.717) is 24.7 Å². The molecule has 5 nitrogen and oxygen atoms in total. The van der Waals surface area contributed by atoms with Gasteiger partial charge >= 0.3 is 5.97 Å². The van der Waals surface area contributed by atoms with Crippen LogP contribution in [0.15, 0.2) is 11.6 Å². The van der Waals surface area contributed by atoms with Crippen molar-refractivity contribution in [2.45, 2.75) is 12.5 Å². The number of halogens is 1. The number of hydrogen-bond acceptors (Lipinski definition) is 3. The molecular weight excluding hydrogens is 220 g/mol. The maximum absolute atomic E-state index is 11.4. The smallest absolute Gasteiger partial charge is 0.305 e. The highest BCUT2D eigenvalue weighted by Gasteiger charge is 2.31. The summed E-state index contributed by atoms with van der Waals surface area (Å²) in [7, 11) is 0. The van der Waals surface area contributed by atoms with Gasteiger partial charge in [-0.3, -0.25) is 14.5 Å². The normalized spacial score (nSPS) is 22.2. The van der Waals surface area contributed by atoms with Gasteiger partial charge in [0, 0.05) is 24.7 Å². The van der Waals surface area contributed by atoms with Gasteiger partial charge in [-0.1, -0.05) is 18.2 Å². The molecule has 1 amide bonds. The molecule has 0 aromatic heterocycles. The van der Waals surface area contributed by atoms with Crippen LogP contribution in [0.5, 0.6) is 0 Å². The van der Waals surface area contributed by atoms with Gasteiger partial charge in [0.1, 0.15) is 6.04 Å². The maximum atomic E-state index is 11.4. The van der Waals surface area contributed by atoms with Crippen molar-refractivity contribution in [3.05, 3.63) is 11.6 Å². The predicted octanol–water partition coefficient (Wildman–Crippen LogP) is 0.0140. The third-order valence-corrected chi connectivity index (χ3v) is 2.30. The number of rotatable bonds is 4. The van der Waals surface area contributed by atoms with Crippen molar-refractivity contribution in [1.29, 1.82) is 0 Å². The summed E-state index contributed by atoms with van der Waals surface area (Å²) in [6.45, 7) is 4.98. The van der Waals surface area contributed by atoms with Crippen molar-refractivity contribution >= 4 is 23.5 Å². The topological polar surface area (TPSA) is 69.6 Å². The van der Waals surface area contributed by atoms with Crippen LogP contribution in [-0.4, -0.2) is 47.6 Å². The highest BCUT2D eigenvalue weighted by atomic mass is 35.5. The first kappa shape index (κ1) is 12.0. The van der Waals surface area contributed by atoms with E-state index >= 15 is 0 Å². The average Bonchev–Trinajstić information content (AvgIpc) is 2.09. The average molecular weight is 233 g/mol. The lowest BCUT2D eigenvalue weighted by Gasteiger charge is -2.33. The van der Waals surface area contributed by atoms with Gasteiger partial charge in [0.05, 0.1) is 6.42 Å². The van der Waals surface area contributed by atoms with E-state index in [0.717, 1.165) is 0 Å². The quantitative estimate of drug-likeness (QED) is 0.717. The molecule has 1 unspecified atom stereocenters. The maximum Gasteiger partial charge on any atom is 0.305 e. The molecule has 0 spiro atoms. The minimum absolute atomic E-state index is 0.212. The van der Waals surface area contributed by atoms with Gasteiger partial charge in [-0.15, -0.1) is 0 Å². The molecule has 0 radical (unpaired) electrons. The van der Waals surface area contributed by atoms with Crippen molar-refractivity contribution in [3.8, 4) is 0 Å². The molecule has 1 aliphatic heterocycles.